The lowest BCUT2D eigenvalue weighted by Gasteiger charge is -2.14. The third-order valence-corrected chi connectivity index (χ3v) is 2.59. The van der Waals surface area contributed by atoms with Gasteiger partial charge >= 0.3 is 0 Å². The predicted octanol–water partition coefficient (Wildman–Crippen LogP) is 0.309. The first-order valence-corrected chi connectivity index (χ1v) is 5.33. The summed E-state index contributed by atoms with van der Waals surface area (Å²) in [7, 11) is 3.36. The first kappa shape index (κ1) is 11.5. The molecule has 2 rings (SSSR count). The van der Waals surface area contributed by atoms with E-state index in [0.29, 0.717) is 12.4 Å². The van der Waals surface area contributed by atoms with Crippen LogP contribution in [0.3, 0.4) is 0 Å². The Bertz CT molecular complexity index is 496. The van der Waals surface area contributed by atoms with Gasteiger partial charge in [0.1, 0.15) is 5.75 Å². The number of methoxy groups -OCH3 is 1. The number of nitrogens with two attached hydrogens (primary N) is 1. The third kappa shape index (κ3) is 2.26. The zero-order chi connectivity index (χ0) is 12.3. The molecule has 6 heteroatoms. The van der Waals surface area contributed by atoms with E-state index in [-0.39, 0.29) is 5.92 Å². The van der Waals surface area contributed by atoms with Crippen molar-refractivity contribution in [2.45, 2.75) is 5.92 Å². The van der Waals surface area contributed by atoms with Gasteiger partial charge in [0.25, 0.3) is 0 Å². The second-order valence-corrected chi connectivity index (χ2v) is 3.67. The van der Waals surface area contributed by atoms with Gasteiger partial charge in [-0.25, -0.2) is 0 Å². The van der Waals surface area contributed by atoms with Crippen LogP contribution in [0.4, 0.5) is 0 Å². The highest BCUT2D eigenvalue weighted by atomic mass is 16.5. The van der Waals surface area contributed by atoms with E-state index in [4.69, 9.17) is 10.5 Å². The molecule has 1 atom stereocenters. The molecule has 90 valence electrons. The number of hydrogen-bond donors (Lipinski definition) is 1. The van der Waals surface area contributed by atoms with Gasteiger partial charge in [-0.15, -0.1) is 10.2 Å². The van der Waals surface area contributed by atoms with Crippen LogP contribution in [0.5, 0.6) is 5.75 Å². The van der Waals surface area contributed by atoms with Crippen molar-refractivity contribution in [3.63, 3.8) is 0 Å². The zero-order valence-corrected chi connectivity index (χ0v) is 9.87. The first-order chi connectivity index (χ1) is 8.26. The summed E-state index contributed by atoms with van der Waals surface area (Å²) in [5.74, 6) is 1.30. The van der Waals surface area contributed by atoms with Crippen LogP contribution in [-0.2, 0) is 7.05 Å². The fourth-order valence-corrected chi connectivity index (χ4v) is 1.76. The Morgan fingerprint density at radius 1 is 1.41 bits per heavy atom. The predicted molar refractivity (Wildman–Crippen MR) is 62.7 cm³/mol. The van der Waals surface area contributed by atoms with E-state index in [2.05, 4.69) is 15.4 Å². The second kappa shape index (κ2) is 4.92. The quantitative estimate of drug-likeness (QED) is 0.822. The van der Waals surface area contributed by atoms with Gasteiger partial charge in [0.2, 0.25) is 0 Å². The van der Waals surface area contributed by atoms with Gasteiger partial charge < -0.3 is 10.5 Å². The number of benzene rings is 1. The van der Waals surface area contributed by atoms with Crippen LogP contribution >= 0.6 is 0 Å². The van der Waals surface area contributed by atoms with Gasteiger partial charge in [-0.3, -0.25) is 0 Å². The lowest BCUT2D eigenvalue weighted by molar-refractivity contribution is 0.407. The van der Waals surface area contributed by atoms with Crippen LogP contribution in [0.2, 0.25) is 0 Å². The number of nitrogens with zero attached hydrogens (tertiary/aromatic N) is 4. The van der Waals surface area contributed by atoms with Crippen LogP contribution in [0.15, 0.2) is 24.3 Å². The molecule has 2 N–H and O–H groups in total. The van der Waals surface area contributed by atoms with Crippen molar-refractivity contribution in [1.82, 2.24) is 20.2 Å². The minimum atomic E-state index is -0.0974. The van der Waals surface area contributed by atoms with Crippen LogP contribution in [0.1, 0.15) is 17.3 Å². The molecule has 1 unspecified atom stereocenters. The molecule has 1 aromatic heterocycles. The van der Waals surface area contributed by atoms with Gasteiger partial charge in [-0.05, 0) is 11.3 Å². The van der Waals surface area contributed by atoms with Crippen molar-refractivity contribution in [3.8, 4) is 5.75 Å². The Kier molecular flexibility index (Phi) is 3.34. The molecular formula is C11H15N5O. The SMILES string of the molecule is COc1ccccc1C(CN)c1nnn(C)n1. The number of ether oxygens (including phenoxy) is 1. The van der Waals surface area contributed by atoms with Gasteiger partial charge in [0.15, 0.2) is 5.82 Å². The fraction of sp³-hybridized carbons (Fsp3) is 0.364. The summed E-state index contributed by atoms with van der Waals surface area (Å²) in [4.78, 5) is 1.42. The number of hydrogen-bond acceptors (Lipinski definition) is 5. The normalized spacial score (nSPS) is 12.4. The van der Waals surface area contributed by atoms with Crippen molar-refractivity contribution >= 4 is 0 Å². The Morgan fingerprint density at radius 2 is 2.18 bits per heavy atom. The number of rotatable bonds is 4. The maximum absolute atomic E-state index is 5.80. The van der Waals surface area contributed by atoms with E-state index in [1.165, 1.54) is 4.80 Å². The Balaban J connectivity index is 2.41. The molecule has 0 aliphatic carbocycles. The molecule has 0 saturated carbocycles. The molecule has 0 radical (unpaired) electrons. The highest BCUT2D eigenvalue weighted by molar-refractivity contribution is 5.39. The summed E-state index contributed by atoms with van der Waals surface area (Å²) in [5, 5.41) is 12.0. The van der Waals surface area contributed by atoms with Crippen LogP contribution in [0.25, 0.3) is 0 Å². The molecule has 0 bridgehead atoms. The molecule has 6 nitrogen and oxygen atoms in total. The van der Waals surface area contributed by atoms with Crippen molar-refractivity contribution in [3.05, 3.63) is 35.7 Å². The van der Waals surface area contributed by atoms with Crippen LogP contribution < -0.4 is 10.5 Å². The van der Waals surface area contributed by atoms with E-state index in [9.17, 15) is 0 Å². The Hall–Kier alpha value is -1.95. The molecule has 0 aliphatic rings. The van der Waals surface area contributed by atoms with Crippen LogP contribution in [-0.4, -0.2) is 33.9 Å². The monoisotopic (exact) mass is 233 g/mol. The van der Waals surface area contributed by atoms with Crippen molar-refractivity contribution in [2.24, 2.45) is 12.8 Å². The van der Waals surface area contributed by atoms with E-state index in [0.717, 1.165) is 11.3 Å². The summed E-state index contributed by atoms with van der Waals surface area (Å²) < 4.78 is 5.32. The summed E-state index contributed by atoms with van der Waals surface area (Å²) in [5.41, 5.74) is 6.77. The van der Waals surface area contributed by atoms with E-state index < -0.39 is 0 Å². The summed E-state index contributed by atoms with van der Waals surface area (Å²) in [6, 6.07) is 7.72. The number of aryl methyl sites for hydroxylation is 1. The molecule has 0 fully saturated rings. The standard InChI is InChI=1S/C11H15N5O/c1-16-14-11(13-15-16)9(7-12)8-5-3-4-6-10(8)17-2/h3-6,9H,7,12H2,1-2H3. The average molecular weight is 233 g/mol. The Labute approximate surface area is 99.4 Å². The Morgan fingerprint density at radius 3 is 2.76 bits per heavy atom. The highest BCUT2D eigenvalue weighted by Crippen LogP contribution is 2.28. The zero-order valence-electron chi connectivity index (χ0n) is 9.87. The first-order valence-electron chi connectivity index (χ1n) is 5.33. The molecular weight excluding hydrogens is 218 g/mol. The number of para-hydroxylation sites is 1. The summed E-state index contributed by atoms with van der Waals surface area (Å²) in [6.45, 7) is 0.409. The van der Waals surface area contributed by atoms with Crippen LogP contribution in [0, 0.1) is 0 Å². The second-order valence-electron chi connectivity index (χ2n) is 3.67. The fourth-order valence-electron chi connectivity index (χ4n) is 1.76. The minimum Gasteiger partial charge on any atom is -0.496 e. The smallest absolute Gasteiger partial charge is 0.183 e. The highest BCUT2D eigenvalue weighted by Gasteiger charge is 2.20. The van der Waals surface area contributed by atoms with Crippen molar-refractivity contribution in [1.29, 1.82) is 0 Å². The summed E-state index contributed by atoms with van der Waals surface area (Å²) in [6.07, 6.45) is 0. The van der Waals surface area contributed by atoms with E-state index in [1.807, 2.05) is 24.3 Å². The van der Waals surface area contributed by atoms with E-state index >= 15 is 0 Å². The molecule has 0 aliphatic heterocycles. The molecule has 1 aromatic carbocycles. The maximum atomic E-state index is 5.80. The molecule has 2 aromatic rings. The maximum Gasteiger partial charge on any atom is 0.183 e. The largest absolute Gasteiger partial charge is 0.496 e. The number of aromatic nitrogens is 4. The van der Waals surface area contributed by atoms with Gasteiger partial charge in [0.05, 0.1) is 20.1 Å². The average Bonchev–Trinajstić information content (AvgIpc) is 2.77. The molecule has 17 heavy (non-hydrogen) atoms. The molecule has 1 heterocycles. The molecule has 0 amide bonds. The molecule has 0 saturated heterocycles. The van der Waals surface area contributed by atoms with Gasteiger partial charge in [-0.2, -0.15) is 4.80 Å². The van der Waals surface area contributed by atoms with Gasteiger partial charge in [0, 0.05) is 12.1 Å². The summed E-state index contributed by atoms with van der Waals surface area (Å²) >= 11 is 0. The number of tetrazole rings is 1. The van der Waals surface area contributed by atoms with Crippen molar-refractivity contribution in [2.75, 3.05) is 13.7 Å². The third-order valence-electron chi connectivity index (χ3n) is 2.59. The van der Waals surface area contributed by atoms with Crippen molar-refractivity contribution < 1.29 is 4.74 Å². The lowest BCUT2D eigenvalue weighted by Crippen LogP contribution is -2.16. The lowest BCUT2D eigenvalue weighted by atomic mass is 9.97. The molecule has 0 spiro atoms. The topological polar surface area (TPSA) is 78.9 Å². The van der Waals surface area contributed by atoms with E-state index in [1.54, 1.807) is 14.2 Å². The van der Waals surface area contributed by atoms with Gasteiger partial charge in [-0.1, -0.05) is 18.2 Å². The minimum absolute atomic E-state index is 0.0974.